The fourth-order valence-corrected chi connectivity index (χ4v) is 2.89. The monoisotopic (exact) mass is 400 g/mol. The second-order valence-electron chi connectivity index (χ2n) is 5.93. The molecule has 0 spiro atoms. The van der Waals surface area contributed by atoms with Crippen molar-refractivity contribution in [3.8, 4) is 17.4 Å². The summed E-state index contributed by atoms with van der Waals surface area (Å²) in [5.74, 6) is 2.06. The minimum Gasteiger partial charge on any atom is -0.494 e. The molecule has 130 valence electrons. The lowest BCUT2D eigenvalue weighted by Crippen LogP contribution is -2.04. The molecule has 2 aromatic carbocycles. The molecule has 1 atom stereocenters. The van der Waals surface area contributed by atoms with Gasteiger partial charge in [-0.05, 0) is 71.2 Å². The summed E-state index contributed by atoms with van der Waals surface area (Å²) in [6.45, 7) is 4.74. The Labute approximate surface area is 156 Å². The molecule has 1 aromatic heterocycles. The van der Waals surface area contributed by atoms with Gasteiger partial charge in [-0.1, -0.05) is 13.0 Å². The smallest absolute Gasteiger partial charge is 0.219 e. The van der Waals surface area contributed by atoms with Crippen molar-refractivity contribution >= 4 is 26.8 Å². The minimum atomic E-state index is 0.00437. The second-order valence-corrected chi connectivity index (χ2v) is 6.79. The number of hydrogen-bond acceptors (Lipinski definition) is 4. The van der Waals surface area contributed by atoms with Gasteiger partial charge in [0.25, 0.3) is 0 Å². The summed E-state index contributed by atoms with van der Waals surface area (Å²) in [7, 11) is 0. The van der Waals surface area contributed by atoms with Crippen molar-refractivity contribution in [2.24, 2.45) is 5.73 Å². The summed E-state index contributed by atoms with van der Waals surface area (Å²) < 4.78 is 12.4. The summed E-state index contributed by atoms with van der Waals surface area (Å²) >= 11 is 3.53. The van der Waals surface area contributed by atoms with Gasteiger partial charge in [0.1, 0.15) is 11.5 Å². The highest BCUT2D eigenvalue weighted by atomic mass is 79.9. The number of rotatable bonds is 6. The van der Waals surface area contributed by atoms with Gasteiger partial charge in [0, 0.05) is 17.5 Å². The van der Waals surface area contributed by atoms with Crippen LogP contribution >= 0.6 is 15.9 Å². The largest absolute Gasteiger partial charge is 0.494 e. The van der Waals surface area contributed by atoms with E-state index in [1.165, 1.54) is 0 Å². The molecule has 5 heteroatoms. The van der Waals surface area contributed by atoms with Crippen molar-refractivity contribution in [2.75, 3.05) is 6.61 Å². The molecule has 0 amide bonds. The maximum atomic E-state index is 5.94. The van der Waals surface area contributed by atoms with Crippen LogP contribution in [0.1, 0.15) is 31.9 Å². The average Bonchev–Trinajstić information content (AvgIpc) is 2.61. The van der Waals surface area contributed by atoms with E-state index in [2.05, 4.69) is 33.9 Å². The molecule has 3 rings (SSSR count). The van der Waals surface area contributed by atoms with Crippen LogP contribution in [0.25, 0.3) is 10.9 Å². The number of ether oxygens (including phenoxy) is 2. The molecule has 0 radical (unpaired) electrons. The number of benzene rings is 2. The van der Waals surface area contributed by atoms with Crippen LogP contribution in [0.2, 0.25) is 0 Å². The first-order valence-corrected chi connectivity index (χ1v) is 9.12. The molecule has 0 saturated carbocycles. The number of nitrogens with two attached hydrogens (primary N) is 1. The highest BCUT2D eigenvalue weighted by Gasteiger charge is 2.08. The molecule has 1 unspecified atom stereocenters. The Morgan fingerprint density at radius 3 is 2.68 bits per heavy atom. The number of pyridine rings is 1. The number of hydrogen-bond donors (Lipinski definition) is 1. The van der Waals surface area contributed by atoms with Crippen molar-refractivity contribution in [2.45, 2.75) is 26.3 Å². The van der Waals surface area contributed by atoms with E-state index in [1.54, 1.807) is 0 Å². The first-order valence-electron chi connectivity index (χ1n) is 8.33. The first-order chi connectivity index (χ1) is 12.1. The Hall–Kier alpha value is -2.11. The first kappa shape index (κ1) is 17.7. The van der Waals surface area contributed by atoms with Crippen molar-refractivity contribution in [1.29, 1.82) is 0 Å². The quantitative estimate of drug-likeness (QED) is 0.584. The van der Waals surface area contributed by atoms with Crippen LogP contribution in [0.15, 0.2) is 53.0 Å². The van der Waals surface area contributed by atoms with Gasteiger partial charge >= 0.3 is 0 Å². The molecule has 0 aliphatic rings. The molecule has 0 fully saturated rings. The van der Waals surface area contributed by atoms with Gasteiger partial charge in [-0.3, -0.25) is 0 Å². The van der Waals surface area contributed by atoms with Crippen LogP contribution in [0.5, 0.6) is 17.4 Å². The third kappa shape index (κ3) is 4.30. The lowest BCUT2D eigenvalue weighted by Gasteiger charge is -2.11. The summed E-state index contributed by atoms with van der Waals surface area (Å²) in [6, 6.07) is 15.6. The topological polar surface area (TPSA) is 57.4 Å². The number of halogens is 1. The number of fused-ring (bicyclic) bond motifs is 1. The van der Waals surface area contributed by atoms with E-state index >= 15 is 0 Å². The normalized spacial score (nSPS) is 12.2. The average molecular weight is 401 g/mol. The van der Waals surface area contributed by atoms with Crippen LogP contribution < -0.4 is 15.2 Å². The van der Waals surface area contributed by atoms with E-state index in [1.807, 2.05) is 49.4 Å². The summed E-state index contributed by atoms with van der Waals surface area (Å²) in [4.78, 5) is 4.57. The fraction of sp³-hybridized carbons (Fsp3) is 0.250. The van der Waals surface area contributed by atoms with Crippen LogP contribution in [-0.4, -0.2) is 11.6 Å². The van der Waals surface area contributed by atoms with E-state index in [0.29, 0.717) is 18.2 Å². The van der Waals surface area contributed by atoms with Crippen LogP contribution in [0, 0.1) is 0 Å². The van der Waals surface area contributed by atoms with Crippen LogP contribution in [0.3, 0.4) is 0 Å². The molecular formula is C20H21BrN2O2. The van der Waals surface area contributed by atoms with Gasteiger partial charge in [0.05, 0.1) is 16.6 Å². The zero-order chi connectivity index (χ0) is 17.8. The lowest BCUT2D eigenvalue weighted by molar-refractivity contribution is 0.316. The van der Waals surface area contributed by atoms with Crippen LogP contribution in [0.4, 0.5) is 0 Å². The van der Waals surface area contributed by atoms with Gasteiger partial charge in [-0.15, -0.1) is 0 Å². The molecule has 3 aromatic rings. The van der Waals surface area contributed by atoms with E-state index in [4.69, 9.17) is 15.2 Å². The maximum absolute atomic E-state index is 5.94. The van der Waals surface area contributed by atoms with E-state index < -0.39 is 0 Å². The Balaban J connectivity index is 1.81. The van der Waals surface area contributed by atoms with Gasteiger partial charge in [0.15, 0.2) is 0 Å². The molecule has 1 heterocycles. The van der Waals surface area contributed by atoms with E-state index in [0.717, 1.165) is 33.1 Å². The van der Waals surface area contributed by atoms with Gasteiger partial charge in [0.2, 0.25) is 5.88 Å². The van der Waals surface area contributed by atoms with E-state index in [9.17, 15) is 0 Å². The number of nitrogens with zero attached hydrogens (tertiary/aromatic N) is 1. The zero-order valence-corrected chi connectivity index (χ0v) is 15.9. The third-order valence-electron chi connectivity index (χ3n) is 3.80. The second kappa shape index (κ2) is 7.85. The lowest BCUT2D eigenvalue weighted by atomic mass is 10.1. The van der Waals surface area contributed by atoms with Crippen molar-refractivity contribution in [3.05, 3.63) is 58.6 Å². The van der Waals surface area contributed by atoms with Gasteiger partial charge in [-0.25, -0.2) is 4.98 Å². The molecule has 0 saturated heterocycles. The predicted molar refractivity (Wildman–Crippen MR) is 104 cm³/mol. The molecule has 0 aliphatic carbocycles. The summed E-state index contributed by atoms with van der Waals surface area (Å²) in [5, 5.41) is 1.05. The van der Waals surface area contributed by atoms with Crippen molar-refractivity contribution in [1.82, 2.24) is 4.98 Å². The van der Waals surface area contributed by atoms with Gasteiger partial charge < -0.3 is 15.2 Å². The SMILES string of the molecule is CCCOc1ccc(Oc2ccc3cc(C(C)N)ccc3n2)c(Br)c1. The minimum absolute atomic E-state index is 0.00437. The van der Waals surface area contributed by atoms with Gasteiger partial charge in [-0.2, -0.15) is 0 Å². The third-order valence-corrected chi connectivity index (χ3v) is 4.42. The Bertz CT molecular complexity index is 881. The highest BCUT2D eigenvalue weighted by molar-refractivity contribution is 9.10. The van der Waals surface area contributed by atoms with Crippen LogP contribution in [-0.2, 0) is 0 Å². The molecule has 2 N–H and O–H groups in total. The number of aromatic nitrogens is 1. The van der Waals surface area contributed by atoms with Crippen molar-refractivity contribution < 1.29 is 9.47 Å². The van der Waals surface area contributed by atoms with E-state index in [-0.39, 0.29) is 6.04 Å². The molecule has 0 bridgehead atoms. The maximum Gasteiger partial charge on any atom is 0.219 e. The Kier molecular flexibility index (Phi) is 5.56. The Morgan fingerprint density at radius 2 is 1.96 bits per heavy atom. The Morgan fingerprint density at radius 1 is 1.12 bits per heavy atom. The fourth-order valence-electron chi connectivity index (χ4n) is 2.45. The highest BCUT2D eigenvalue weighted by Crippen LogP contribution is 2.33. The molecule has 0 aliphatic heterocycles. The predicted octanol–water partition coefficient (Wildman–Crippen LogP) is 5.60. The summed E-state index contributed by atoms with van der Waals surface area (Å²) in [5.41, 5.74) is 7.90. The molecular weight excluding hydrogens is 380 g/mol. The van der Waals surface area contributed by atoms with Crippen molar-refractivity contribution in [3.63, 3.8) is 0 Å². The molecule has 25 heavy (non-hydrogen) atoms. The molecule has 4 nitrogen and oxygen atoms in total. The zero-order valence-electron chi connectivity index (χ0n) is 14.3. The standard InChI is InChI=1S/C20H21BrN2O2/c1-3-10-24-16-6-8-19(17(21)12-16)25-20-9-5-15-11-14(13(2)22)4-7-18(15)23-20/h4-9,11-13H,3,10,22H2,1-2H3. The summed E-state index contributed by atoms with van der Waals surface area (Å²) in [6.07, 6.45) is 0.974.